The fourth-order valence-electron chi connectivity index (χ4n) is 8.37. The molecule has 57 heavy (non-hydrogen) atoms. The first kappa shape index (κ1) is 31.5. The van der Waals surface area contributed by atoms with E-state index in [0.717, 1.165) is 82.9 Å². The maximum atomic E-state index is 6.70. The summed E-state index contributed by atoms with van der Waals surface area (Å²) in [4.78, 5) is 15.1. The lowest BCUT2D eigenvalue weighted by Gasteiger charge is -2.09. The zero-order valence-corrected chi connectivity index (χ0v) is 30.4. The van der Waals surface area contributed by atoms with Gasteiger partial charge in [0.15, 0.2) is 17.5 Å². The Morgan fingerprint density at radius 2 is 0.930 bits per heavy atom. The highest BCUT2D eigenvalue weighted by atomic mass is 16.3. The number of para-hydroxylation sites is 4. The molecule has 0 fully saturated rings. The summed E-state index contributed by atoms with van der Waals surface area (Å²) in [7, 11) is 0. The summed E-state index contributed by atoms with van der Waals surface area (Å²) in [6.45, 7) is 0. The quantitative estimate of drug-likeness (QED) is 0.176. The van der Waals surface area contributed by atoms with E-state index in [9.17, 15) is 0 Å². The number of hydrogen-bond acceptors (Lipinski definition) is 5. The van der Waals surface area contributed by atoms with E-state index in [-0.39, 0.29) is 0 Å². The molecule has 4 aromatic heterocycles. The highest BCUT2D eigenvalue weighted by Gasteiger charge is 2.19. The van der Waals surface area contributed by atoms with Crippen molar-refractivity contribution in [3.63, 3.8) is 0 Å². The van der Waals surface area contributed by atoms with Crippen LogP contribution in [0.4, 0.5) is 0 Å². The number of benzene rings is 8. The van der Waals surface area contributed by atoms with Crippen molar-refractivity contribution in [2.24, 2.45) is 0 Å². The summed E-state index contributed by atoms with van der Waals surface area (Å²) in [5.74, 6) is 1.75. The van der Waals surface area contributed by atoms with Crippen molar-refractivity contribution in [1.82, 2.24) is 19.5 Å². The van der Waals surface area contributed by atoms with Gasteiger partial charge >= 0.3 is 0 Å². The number of hydrogen-bond donors (Lipinski definition) is 0. The average Bonchev–Trinajstić information content (AvgIpc) is 3.95. The van der Waals surface area contributed by atoms with Gasteiger partial charge in [-0.05, 0) is 66.2 Å². The molecule has 0 aliphatic rings. The molecule has 0 aliphatic heterocycles. The summed E-state index contributed by atoms with van der Waals surface area (Å²) >= 11 is 0. The van der Waals surface area contributed by atoms with Crippen LogP contribution < -0.4 is 0 Å². The van der Waals surface area contributed by atoms with E-state index in [1.165, 1.54) is 16.3 Å². The molecular formula is C51H30N4O2. The Morgan fingerprint density at radius 3 is 1.77 bits per heavy atom. The Bertz CT molecular complexity index is 3530. The second-order valence-corrected chi connectivity index (χ2v) is 14.4. The number of furan rings is 2. The van der Waals surface area contributed by atoms with Gasteiger partial charge in [0.2, 0.25) is 0 Å². The molecule has 0 atom stereocenters. The molecular weight excluding hydrogens is 701 g/mol. The lowest BCUT2D eigenvalue weighted by atomic mass is 10.0. The van der Waals surface area contributed by atoms with E-state index in [4.69, 9.17) is 23.8 Å². The molecule has 6 nitrogen and oxygen atoms in total. The van der Waals surface area contributed by atoms with E-state index in [1.54, 1.807) is 0 Å². The molecule has 6 heteroatoms. The molecule has 0 spiro atoms. The van der Waals surface area contributed by atoms with Crippen LogP contribution in [0.3, 0.4) is 0 Å². The Labute approximate surface area is 325 Å². The number of fused-ring (bicyclic) bond motifs is 9. The van der Waals surface area contributed by atoms with E-state index < -0.39 is 0 Å². The van der Waals surface area contributed by atoms with Crippen LogP contribution in [0, 0.1) is 0 Å². The van der Waals surface area contributed by atoms with Crippen LogP contribution in [0.15, 0.2) is 191 Å². The van der Waals surface area contributed by atoms with Crippen molar-refractivity contribution in [1.29, 1.82) is 0 Å². The zero-order chi connectivity index (χ0) is 37.5. The van der Waals surface area contributed by atoms with Gasteiger partial charge in [0.1, 0.15) is 22.3 Å². The molecule has 0 N–H and O–H groups in total. The molecule has 0 bridgehead atoms. The van der Waals surface area contributed by atoms with Gasteiger partial charge in [0.05, 0.1) is 11.0 Å². The lowest BCUT2D eigenvalue weighted by molar-refractivity contribution is 0.669. The van der Waals surface area contributed by atoms with Crippen molar-refractivity contribution in [3.05, 3.63) is 182 Å². The number of rotatable bonds is 5. The van der Waals surface area contributed by atoms with E-state index in [2.05, 4.69) is 120 Å². The van der Waals surface area contributed by atoms with Gasteiger partial charge in [-0.1, -0.05) is 121 Å². The van der Waals surface area contributed by atoms with Crippen molar-refractivity contribution >= 4 is 65.7 Å². The van der Waals surface area contributed by atoms with Crippen molar-refractivity contribution in [3.8, 4) is 51.0 Å². The van der Waals surface area contributed by atoms with Gasteiger partial charge in [0.25, 0.3) is 0 Å². The fourth-order valence-corrected chi connectivity index (χ4v) is 8.37. The van der Waals surface area contributed by atoms with E-state index >= 15 is 0 Å². The van der Waals surface area contributed by atoms with Crippen molar-refractivity contribution in [2.75, 3.05) is 0 Å². The first-order valence-electron chi connectivity index (χ1n) is 19.0. The second-order valence-electron chi connectivity index (χ2n) is 14.4. The molecule has 0 radical (unpaired) electrons. The smallest absolute Gasteiger partial charge is 0.164 e. The molecule has 0 aliphatic carbocycles. The third-order valence-electron chi connectivity index (χ3n) is 11.1. The molecule has 8 aromatic carbocycles. The van der Waals surface area contributed by atoms with E-state index in [0.29, 0.717) is 17.5 Å². The predicted octanol–water partition coefficient (Wildman–Crippen LogP) is 13.4. The van der Waals surface area contributed by atoms with Crippen molar-refractivity contribution in [2.45, 2.75) is 0 Å². The van der Waals surface area contributed by atoms with Gasteiger partial charge in [-0.2, -0.15) is 0 Å². The van der Waals surface area contributed by atoms with Crippen molar-refractivity contribution < 1.29 is 8.83 Å². The zero-order valence-electron chi connectivity index (χ0n) is 30.4. The van der Waals surface area contributed by atoms with Crippen LogP contribution in [0.25, 0.3) is 117 Å². The minimum Gasteiger partial charge on any atom is -0.456 e. The Kier molecular flexibility index (Phi) is 6.83. The fraction of sp³-hybridized carbons (Fsp3) is 0. The normalized spacial score (nSPS) is 11.9. The molecule has 0 amide bonds. The summed E-state index contributed by atoms with van der Waals surface area (Å²) in [5.41, 5.74) is 11.5. The molecule has 0 saturated carbocycles. The first-order valence-corrected chi connectivity index (χ1v) is 19.0. The van der Waals surface area contributed by atoms with Gasteiger partial charge in [-0.25, -0.2) is 15.0 Å². The first-order chi connectivity index (χ1) is 28.2. The monoisotopic (exact) mass is 730 g/mol. The number of aromatic nitrogens is 4. The van der Waals surface area contributed by atoms with Gasteiger partial charge in [0, 0.05) is 60.3 Å². The largest absolute Gasteiger partial charge is 0.456 e. The van der Waals surface area contributed by atoms with Crippen LogP contribution in [-0.4, -0.2) is 19.5 Å². The maximum absolute atomic E-state index is 6.70. The average molecular weight is 731 g/mol. The summed E-state index contributed by atoms with van der Waals surface area (Å²) < 4.78 is 15.3. The molecule has 0 unspecified atom stereocenters. The predicted molar refractivity (Wildman–Crippen MR) is 230 cm³/mol. The van der Waals surface area contributed by atoms with Gasteiger partial charge in [-0.3, -0.25) is 0 Å². The molecule has 4 heterocycles. The van der Waals surface area contributed by atoms with Crippen LogP contribution in [-0.2, 0) is 0 Å². The topological polar surface area (TPSA) is 69.9 Å². The summed E-state index contributed by atoms with van der Waals surface area (Å²) in [5, 5.41) is 6.60. The summed E-state index contributed by atoms with van der Waals surface area (Å²) in [6.07, 6.45) is 0. The standard InChI is InChI=1S/C51H30N4O2/c1-3-12-31(13-4-1)49-52-50(54-51(53-49)34-23-26-40-39-17-8-10-21-45(39)56-47(40)30-34)33-24-27-46-42(28-33)41-19-11-18-36(48(41)57-46)32-22-25-38-37-16-7-9-20-43(37)55(44(38)29-32)35-14-5-2-6-15-35/h1-30H. The second kappa shape index (κ2) is 12.3. The van der Waals surface area contributed by atoms with E-state index in [1.807, 2.05) is 66.7 Å². The highest BCUT2D eigenvalue weighted by molar-refractivity contribution is 6.13. The molecule has 266 valence electrons. The minimum absolute atomic E-state index is 0.573. The van der Waals surface area contributed by atoms with Gasteiger partial charge in [-0.15, -0.1) is 0 Å². The maximum Gasteiger partial charge on any atom is 0.164 e. The SMILES string of the molecule is c1ccc(-c2nc(-c3ccc4c(c3)oc3ccccc34)nc(-c3ccc4oc5c(-c6ccc7c8ccccc8n(-c8ccccc8)c7c6)cccc5c4c3)n2)cc1. The molecule has 12 rings (SSSR count). The summed E-state index contributed by atoms with van der Waals surface area (Å²) in [6, 6.07) is 62.8. The Hall–Kier alpha value is -7.83. The van der Waals surface area contributed by atoms with Crippen LogP contribution in [0.1, 0.15) is 0 Å². The van der Waals surface area contributed by atoms with Gasteiger partial charge < -0.3 is 13.4 Å². The molecule has 12 aromatic rings. The van der Waals surface area contributed by atoms with Crippen LogP contribution in [0.5, 0.6) is 0 Å². The number of nitrogens with zero attached hydrogens (tertiary/aromatic N) is 4. The van der Waals surface area contributed by atoms with Crippen LogP contribution in [0.2, 0.25) is 0 Å². The Balaban J connectivity index is 1.01. The van der Waals surface area contributed by atoms with Crippen LogP contribution >= 0.6 is 0 Å². The molecule has 0 saturated heterocycles. The highest BCUT2D eigenvalue weighted by Crippen LogP contribution is 2.40. The Morgan fingerprint density at radius 1 is 0.333 bits per heavy atom. The third-order valence-corrected chi connectivity index (χ3v) is 11.1. The third kappa shape index (κ3) is 5.01. The minimum atomic E-state index is 0.573. The lowest BCUT2D eigenvalue weighted by Crippen LogP contribution is -2.00.